The van der Waals surface area contributed by atoms with Crippen LogP contribution in [0.15, 0.2) is 24.3 Å². The van der Waals surface area contributed by atoms with Crippen LogP contribution in [-0.4, -0.2) is 13.6 Å². The molecule has 15 heavy (non-hydrogen) atoms. The minimum atomic E-state index is 0.733. The molecule has 1 aromatic carbocycles. The average molecular weight is 205 g/mol. The molecule has 0 heterocycles. The summed E-state index contributed by atoms with van der Waals surface area (Å²) < 4.78 is 0. The molecule has 0 saturated carbocycles. The molecule has 0 bridgehead atoms. The highest BCUT2D eigenvalue weighted by Gasteiger charge is 2.11. The molecule has 0 aromatic heterocycles. The van der Waals surface area contributed by atoms with Gasteiger partial charge in [-0.3, -0.25) is 0 Å². The molecule has 1 nitrogen and oxygen atoms in total. The lowest BCUT2D eigenvalue weighted by atomic mass is 9.89. The Morgan fingerprint density at radius 2 is 1.67 bits per heavy atom. The van der Waals surface area contributed by atoms with Crippen LogP contribution >= 0.6 is 0 Å². The van der Waals surface area contributed by atoms with Crippen molar-refractivity contribution < 1.29 is 0 Å². The van der Waals surface area contributed by atoms with E-state index in [1.54, 1.807) is 0 Å². The standard InChI is InChI=1S/C14H23N/c1-11-5-7-14(8-6-11)9-12(2)13(3)10-15-4/h5-8,12-13,15H,9-10H2,1-4H3. The van der Waals surface area contributed by atoms with E-state index < -0.39 is 0 Å². The summed E-state index contributed by atoms with van der Waals surface area (Å²) in [7, 11) is 2.02. The van der Waals surface area contributed by atoms with Crippen LogP contribution in [0, 0.1) is 18.8 Å². The number of hydrogen-bond donors (Lipinski definition) is 1. The Morgan fingerprint density at radius 3 is 2.20 bits per heavy atom. The quantitative estimate of drug-likeness (QED) is 0.779. The molecule has 0 saturated heterocycles. The molecule has 1 heteroatoms. The van der Waals surface area contributed by atoms with Gasteiger partial charge in [0.1, 0.15) is 0 Å². The molecule has 0 radical (unpaired) electrons. The Labute approximate surface area is 93.9 Å². The lowest BCUT2D eigenvalue weighted by Gasteiger charge is -2.19. The molecule has 1 N–H and O–H groups in total. The molecule has 0 aliphatic rings. The van der Waals surface area contributed by atoms with E-state index in [9.17, 15) is 0 Å². The van der Waals surface area contributed by atoms with Crippen LogP contribution < -0.4 is 5.32 Å². The van der Waals surface area contributed by atoms with Crippen LogP contribution in [0.25, 0.3) is 0 Å². The van der Waals surface area contributed by atoms with Gasteiger partial charge in [-0.05, 0) is 44.3 Å². The summed E-state index contributed by atoms with van der Waals surface area (Å²) in [5, 5.41) is 3.24. The fourth-order valence-corrected chi connectivity index (χ4v) is 1.82. The topological polar surface area (TPSA) is 12.0 Å². The van der Waals surface area contributed by atoms with Gasteiger partial charge in [-0.1, -0.05) is 43.7 Å². The van der Waals surface area contributed by atoms with Gasteiger partial charge in [-0.15, -0.1) is 0 Å². The highest BCUT2D eigenvalue weighted by Crippen LogP contribution is 2.16. The molecule has 84 valence electrons. The summed E-state index contributed by atoms with van der Waals surface area (Å²) >= 11 is 0. The predicted molar refractivity (Wildman–Crippen MR) is 67.1 cm³/mol. The molecule has 0 aliphatic carbocycles. The third kappa shape index (κ3) is 4.05. The Morgan fingerprint density at radius 1 is 1.07 bits per heavy atom. The lowest BCUT2D eigenvalue weighted by Crippen LogP contribution is -2.23. The van der Waals surface area contributed by atoms with Gasteiger partial charge >= 0.3 is 0 Å². The fraction of sp³-hybridized carbons (Fsp3) is 0.571. The van der Waals surface area contributed by atoms with Gasteiger partial charge in [0.25, 0.3) is 0 Å². The zero-order chi connectivity index (χ0) is 11.3. The van der Waals surface area contributed by atoms with E-state index in [1.165, 1.54) is 17.5 Å². The Kier molecular flexibility index (Phi) is 4.83. The zero-order valence-corrected chi connectivity index (χ0v) is 10.4. The first-order valence-corrected chi connectivity index (χ1v) is 5.83. The van der Waals surface area contributed by atoms with Gasteiger partial charge in [0.05, 0.1) is 0 Å². The maximum atomic E-state index is 3.24. The number of nitrogens with one attached hydrogen (secondary N) is 1. The summed E-state index contributed by atoms with van der Waals surface area (Å²) in [6, 6.07) is 8.89. The van der Waals surface area contributed by atoms with E-state index in [2.05, 4.69) is 50.4 Å². The molecule has 1 aromatic rings. The average Bonchev–Trinajstić information content (AvgIpc) is 2.22. The largest absolute Gasteiger partial charge is 0.319 e. The van der Waals surface area contributed by atoms with E-state index in [0.717, 1.165) is 18.4 Å². The van der Waals surface area contributed by atoms with Crippen molar-refractivity contribution in [2.75, 3.05) is 13.6 Å². The zero-order valence-electron chi connectivity index (χ0n) is 10.4. The van der Waals surface area contributed by atoms with Crippen molar-refractivity contribution in [1.82, 2.24) is 5.32 Å². The number of rotatable bonds is 5. The van der Waals surface area contributed by atoms with Gasteiger partial charge < -0.3 is 5.32 Å². The van der Waals surface area contributed by atoms with E-state index >= 15 is 0 Å². The van der Waals surface area contributed by atoms with Gasteiger partial charge in [-0.2, -0.15) is 0 Å². The summed E-state index contributed by atoms with van der Waals surface area (Å²) in [5.74, 6) is 1.47. The molecular formula is C14H23N. The molecule has 2 unspecified atom stereocenters. The number of benzene rings is 1. The van der Waals surface area contributed by atoms with Crippen molar-refractivity contribution in [3.8, 4) is 0 Å². The molecular weight excluding hydrogens is 182 g/mol. The van der Waals surface area contributed by atoms with Crippen molar-refractivity contribution in [1.29, 1.82) is 0 Å². The maximum absolute atomic E-state index is 3.24. The maximum Gasteiger partial charge on any atom is -0.00235 e. The smallest absolute Gasteiger partial charge is 0.00235 e. The van der Waals surface area contributed by atoms with Crippen molar-refractivity contribution in [2.24, 2.45) is 11.8 Å². The lowest BCUT2D eigenvalue weighted by molar-refractivity contribution is 0.374. The fourth-order valence-electron chi connectivity index (χ4n) is 1.82. The van der Waals surface area contributed by atoms with Crippen molar-refractivity contribution in [3.05, 3.63) is 35.4 Å². The minimum absolute atomic E-state index is 0.733. The van der Waals surface area contributed by atoms with Crippen LogP contribution in [0.5, 0.6) is 0 Å². The Bertz CT molecular complexity index is 276. The van der Waals surface area contributed by atoms with Crippen molar-refractivity contribution >= 4 is 0 Å². The van der Waals surface area contributed by atoms with Crippen molar-refractivity contribution in [2.45, 2.75) is 27.2 Å². The van der Waals surface area contributed by atoms with Gasteiger partial charge in [0.15, 0.2) is 0 Å². The van der Waals surface area contributed by atoms with Crippen molar-refractivity contribution in [3.63, 3.8) is 0 Å². The first-order chi connectivity index (χ1) is 7.13. The van der Waals surface area contributed by atoms with Gasteiger partial charge in [0.2, 0.25) is 0 Å². The molecule has 0 spiro atoms. The summed E-state index contributed by atoms with van der Waals surface area (Å²) in [6.45, 7) is 7.89. The molecule has 1 rings (SSSR count). The van der Waals surface area contributed by atoms with E-state index in [1.807, 2.05) is 7.05 Å². The van der Waals surface area contributed by atoms with Crippen LogP contribution in [0.4, 0.5) is 0 Å². The highest BCUT2D eigenvalue weighted by atomic mass is 14.8. The molecule has 0 fully saturated rings. The molecule has 0 amide bonds. The number of aryl methyl sites for hydroxylation is 1. The number of hydrogen-bond acceptors (Lipinski definition) is 1. The second-order valence-electron chi connectivity index (χ2n) is 4.70. The van der Waals surface area contributed by atoms with Gasteiger partial charge in [0, 0.05) is 0 Å². The van der Waals surface area contributed by atoms with Gasteiger partial charge in [-0.25, -0.2) is 0 Å². The minimum Gasteiger partial charge on any atom is -0.319 e. The summed E-state index contributed by atoms with van der Waals surface area (Å²) in [5.41, 5.74) is 2.80. The third-order valence-electron chi connectivity index (χ3n) is 3.18. The van der Waals surface area contributed by atoms with Crippen LogP contribution in [0.2, 0.25) is 0 Å². The second kappa shape index (κ2) is 5.92. The summed E-state index contributed by atoms with van der Waals surface area (Å²) in [6.07, 6.45) is 1.18. The molecule has 0 aliphatic heterocycles. The molecule has 2 atom stereocenters. The SMILES string of the molecule is CNCC(C)C(C)Cc1ccc(C)cc1. The predicted octanol–water partition coefficient (Wildman–Crippen LogP) is 3.03. The first-order valence-electron chi connectivity index (χ1n) is 5.83. The van der Waals surface area contributed by atoms with E-state index in [0.29, 0.717) is 0 Å². The van der Waals surface area contributed by atoms with E-state index in [-0.39, 0.29) is 0 Å². The van der Waals surface area contributed by atoms with Crippen LogP contribution in [-0.2, 0) is 6.42 Å². The van der Waals surface area contributed by atoms with E-state index in [4.69, 9.17) is 0 Å². The first kappa shape index (κ1) is 12.3. The highest BCUT2D eigenvalue weighted by molar-refractivity contribution is 5.21. The van der Waals surface area contributed by atoms with Crippen LogP contribution in [0.3, 0.4) is 0 Å². The summed E-state index contributed by atoms with van der Waals surface area (Å²) in [4.78, 5) is 0. The second-order valence-corrected chi connectivity index (χ2v) is 4.70. The monoisotopic (exact) mass is 205 g/mol. The third-order valence-corrected chi connectivity index (χ3v) is 3.18. The Balaban J connectivity index is 2.50. The van der Waals surface area contributed by atoms with Crippen LogP contribution in [0.1, 0.15) is 25.0 Å². The Hall–Kier alpha value is -0.820. The normalized spacial score (nSPS) is 14.9.